The quantitative estimate of drug-likeness (QED) is 0.249. The van der Waals surface area contributed by atoms with E-state index in [1.54, 1.807) is 0 Å². The summed E-state index contributed by atoms with van der Waals surface area (Å²) in [4.78, 5) is 16.2. The van der Waals surface area contributed by atoms with Crippen LogP contribution in [0.4, 0.5) is 5.69 Å². The van der Waals surface area contributed by atoms with Crippen molar-refractivity contribution in [2.45, 2.75) is 57.8 Å². The zero-order valence-electron chi connectivity index (χ0n) is 17.4. The lowest BCUT2D eigenvalue weighted by Gasteiger charge is -2.18. The third kappa shape index (κ3) is 6.43. The van der Waals surface area contributed by atoms with Crippen molar-refractivity contribution in [3.8, 4) is 11.8 Å². The highest BCUT2D eigenvalue weighted by atomic mass is 16.4. The Kier molecular flexibility index (Phi) is 8.04. The summed E-state index contributed by atoms with van der Waals surface area (Å²) in [6.45, 7) is 0.00717. The van der Waals surface area contributed by atoms with Crippen LogP contribution in [-0.4, -0.2) is 34.2 Å². The molecule has 0 heterocycles. The highest BCUT2D eigenvalue weighted by Gasteiger charge is 2.34. The number of hydrazone groups is 1. The van der Waals surface area contributed by atoms with Gasteiger partial charge in [-0.2, -0.15) is 5.10 Å². The van der Waals surface area contributed by atoms with Gasteiger partial charge in [-0.3, -0.25) is 9.79 Å². The molecule has 6 nitrogen and oxygen atoms in total. The molecule has 1 aromatic rings. The number of hydrogen-bond donors (Lipinski definition) is 3. The predicted octanol–water partition coefficient (Wildman–Crippen LogP) is 3.89. The number of hydrogen-bond acceptors (Lipinski definition) is 5. The second kappa shape index (κ2) is 10.9. The summed E-state index contributed by atoms with van der Waals surface area (Å²) in [5.74, 6) is 11.9. The van der Waals surface area contributed by atoms with Crippen LogP contribution in [0.3, 0.4) is 0 Å². The molecule has 0 spiro atoms. The minimum Gasteiger partial charge on any atom is -0.481 e. The molecule has 0 aromatic heterocycles. The maximum absolute atomic E-state index is 11.3. The number of nitrogens with zero attached hydrogens (tertiary/aromatic N) is 2. The molecule has 2 aliphatic rings. The molecule has 3 rings (SSSR count). The lowest BCUT2D eigenvalue weighted by atomic mass is 9.89. The van der Waals surface area contributed by atoms with Crippen molar-refractivity contribution in [1.29, 1.82) is 0 Å². The maximum Gasteiger partial charge on any atom is 0.304 e. The van der Waals surface area contributed by atoms with Crippen molar-refractivity contribution >= 4 is 23.1 Å². The molecule has 0 amide bonds. The lowest BCUT2D eigenvalue weighted by Crippen LogP contribution is -2.29. The number of aliphatic carboxylic acids is 1. The van der Waals surface area contributed by atoms with E-state index in [0.717, 1.165) is 29.8 Å². The molecule has 1 atom stereocenters. The van der Waals surface area contributed by atoms with Gasteiger partial charge in [0.2, 0.25) is 0 Å². The molecule has 6 heteroatoms. The summed E-state index contributed by atoms with van der Waals surface area (Å²) >= 11 is 0. The third-order valence-electron chi connectivity index (χ3n) is 5.78. The molecule has 0 unspecified atom stereocenters. The molecule has 2 saturated carbocycles. The van der Waals surface area contributed by atoms with Crippen LogP contribution in [0.5, 0.6) is 0 Å². The van der Waals surface area contributed by atoms with Crippen molar-refractivity contribution < 1.29 is 15.0 Å². The first-order valence-electron chi connectivity index (χ1n) is 10.9. The monoisotopic (exact) mass is 409 g/mol. The van der Waals surface area contributed by atoms with Gasteiger partial charge in [0.05, 0.1) is 23.5 Å². The molecule has 4 N–H and O–H groups in total. The van der Waals surface area contributed by atoms with Crippen LogP contribution in [0.25, 0.3) is 0 Å². The number of carboxylic acids is 1. The molecule has 0 bridgehead atoms. The molecular weight excluding hydrogens is 378 g/mol. The minimum absolute atomic E-state index is 0.00717. The van der Waals surface area contributed by atoms with E-state index in [0.29, 0.717) is 24.5 Å². The summed E-state index contributed by atoms with van der Waals surface area (Å²) in [6, 6.07) is 7.83. The van der Waals surface area contributed by atoms with E-state index in [1.807, 2.05) is 24.3 Å². The number of benzene rings is 1. The standard InChI is InChI=1S/C24H31N3O3/c25-27-24(20(6-3-15-28)16-22(29)30)23(19-11-12-19)26-21-13-9-18(10-14-21)8-7-17-4-1-2-5-17/h9-10,13-14,17,19-20,28H,1-6,11-12,15-16,25H2,(H,29,30)/t20-/m0/s1. The average molecular weight is 410 g/mol. The van der Waals surface area contributed by atoms with E-state index in [9.17, 15) is 15.0 Å². The van der Waals surface area contributed by atoms with Gasteiger partial charge in [0.25, 0.3) is 0 Å². The van der Waals surface area contributed by atoms with Crippen LogP contribution in [0.1, 0.15) is 63.4 Å². The van der Waals surface area contributed by atoms with E-state index in [4.69, 9.17) is 10.8 Å². The fourth-order valence-electron chi connectivity index (χ4n) is 3.99. The predicted molar refractivity (Wildman–Crippen MR) is 119 cm³/mol. The van der Waals surface area contributed by atoms with Crippen molar-refractivity contribution in [2.24, 2.45) is 33.7 Å². The zero-order chi connectivity index (χ0) is 21.3. The van der Waals surface area contributed by atoms with Gasteiger partial charge in [0, 0.05) is 29.9 Å². The van der Waals surface area contributed by atoms with Gasteiger partial charge in [-0.1, -0.05) is 24.7 Å². The van der Waals surface area contributed by atoms with Crippen LogP contribution < -0.4 is 5.84 Å². The summed E-state index contributed by atoms with van der Waals surface area (Å²) in [7, 11) is 0. The van der Waals surface area contributed by atoms with Crippen LogP contribution in [0.15, 0.2) is 34.4 Å². The number of aliphatic hydroxyl groups excluding tert-OH is 1. The molecule has 1 aromatic carbocycles. The Hall–Kier alpha value is -2.65. The highest BCUT2D eigenvalue weighted by Crippen LogP contribution is 2.35. The van der Waals surface area contributed by atoms with Crippen molar-refractivity contribution in [3.63, 3.8) is 0 Å². The van der Waals surface area contributed by atoms with Gasteiger partial charge >= 0.3 is 5.97 Å². The number of aliphatic hydroxyl groups is 1. The fourth-order valence-corrected chi connectivity index (χ4v) is 3.99. The summed E-state index contributed by atoms with van der Waals surface area (Å²) in [5, 5.41) is 22.4. The van der Waals surface area contributed by atoms with Crippen molar-refractivity contribution in [1.82, 2.24) is 0 Å². The third-order valence-corrected chi connectivity index (χ3v) is 5.78. The van der Waals surface area contributed by atoms with E-state index in [-0.39, 0.29) is 24.9 Å². The van der Waals surface area contributed by atoms with E-state index in [2.05, 4.69) is 16.9 Å². The van der Waals surface area contributed by atoms with Gasteiger partial charge in [-0.05, 0) is 62.8 Å². The van der Waals surface area contributed by atoms with Crippen molar-refractivity contribution in [2.75, 3.05) is 6.61 Å². The molecule has 2 fully saturated rings. The second-order valence-electron chi connectivity index (χ2n) is 8.24. The Morgan fingerprint density at radius 1 is 1.17 bits per heavy atom. The fraction of sp³-hybridized carbons (Fsp3) is 0.542. The molecular formula is C24H31N3O3. The van der Waals surface area contributed by atoms with Gasteiger partial charge in [-0.25, -0.2) is 0 Å². The summed E-state index contributed by atoms with van der Waals surface area (Å²) in [5.41, 5.74) is 3.11. The average Bonchev–Trinajstić information content (AvgIpc) is 3.45. The first-order valence-corrected chi connectivity index (χ1v) is 10.9. The Bertz CT molecular complexity index is 839. The Balaban J connectivity index is 1.79. The van der Waals surface area contributed by atoms with Crippen molar-refractivity contribution in [3.05, 3.63) is 29.8 Å². The van der Waals surface area contributed by atoms with E-state index in [1.165, 1.54) is 25.7 Å². The topological polar surface area (TPSA) is 108 Å². The summed E-state index contributed by atoms with van der Waals surface area (Å²) < 4.78 is 0. The Morgan fingerprint density at radius 2 is 1.87 bits per heavy atom. The van der Waals surface area contributed by atoms with E-state index < -0.39 is 5.97 Å². The number of nitrogens with two attached hydrogens (primary N) is 1. The van der Waals surface area contributed by atoms with Gasteiger partial charge in [-0.15, -0.1) is 0 Å². The molecule has 0 radical (unpaired) electrons. The zero-order valence-corrected chi connectivity index (χ0v) is 17.4. The molecule has 2 aliphatic carbocycles. The molecule has 0 aliphatic heterocycles. The number of rotatable bonds is 9. The normalized spacial score (nSPS) is 18.7. The van der Waals surface area contributed by atoms with Crippen LogP contribution in [-0.2, 0) is 4.79 Å². The van der Waals surface area contributed by atoms with Gasteiger partial charge in [0.1, 0.15) is 0 Å². The largest absolute Gasteiger partial charge is 0.481 e. The lowest BCUT2D eigenvalue weighted by molar-refractivity contribution is -0.137. The first-order chi connectivity index (χ1) is 14.6. The van der Waals surface area contributed by atoms with Gasteiger partial charge in [0.15, 0.2) is 0 Å². The maximum atomic E-state index is 11.3. The molecule has 160 valence electrons. The Morgan fingerprint density at radius 3 is 2.43 bits per heavy atom. The SMILES string of the molecule is NN=C(C(=Nc1ccc(C#CC2CCCC2)cc1)C1CC1)[C@@H](CCCO)CC(=O)O. The van der Waals surface area contributed by atoms with E-state index >= 15 is 0 Å². The van der Waals surface area contributed by atoms with Gasteiger partial charge < -0.3 is 16.1 Å². The summed E-state index contributed by atoms with van der Waals surface area (Å²) in [6.07, 6.45) is 7.92. The van der Waals surface area contributed by atoms with Crippen LogP contribution in [0, 0.1) is 29.6 Å². The molecule has 30 heavy (non-hydrogen) atoms. The number of carbonyl (C=O) groups is 1. The highest BCUT2D eigenvalue weighted by molar-refractivity contribution is 6.44. The molecule has 0 saturated heterocycles. The number of aliphatic imine (C=N–C) groups is 1. The number of carboxylic acid groups (broad SMARTS) is 1. The van der Waals surface area contributed by atoms with Crippen LogP contribution in [0.2, 0.25) is 0 Å². The second-order valence-corrected chi connectivity index (χ2v) is 8.24. The minimum atomic E-state index is -0.903. The van der Waals surface area contributed by atoms with Crippen LogP contribution >= 0.6 is 0 Å². The first kappa shape index (κ1) is 22.0. The Labute approximate surface area is 178 Å². The smallest absolute Gasteiger partial charge is 0.304 e.